The Morgan fingerprint density at radius 3 is 2.56 bits per heavy atom. The summed E-state index contributed by atoms with van der Waals surface area (Å²) in [6.45, 7) is 8.75. The van der Waals surface area contributed by atoms with Gasteiger partial charge in [0.05, 0.1) is 12.3 Å². The average Bonchev–Trinajstić information content (AvgIpc) is 3.37. The second-order valence-corrected chi connectivity index (χ2v) is 9.66. The highest BCUT2D eigenvalue weighted by molar-refractivity contribution is 5.95. The van der Waals surface area contributed by atoms with E-state index in [4.69, 9.17) is 9.47 Å². The number of carbonyl (C=O) groups excluding carboxylic acids is 3. The lowest BCUT2D eigenvalue weighted by molar-refractivity contribution is -0.127. The molecule has 3 amide bonds. The summed E-state index contributed by atoms with van der Waals surface area (Å²) in [5.74, 6) is 0.735. The van der Waals surface area contributed by atoms with E-state index in [1.165, 1.54) is 0 Å². The number of nitrogens with zero attached hydrogens (tertiary/aromatic N) is 3. The first kappa shape index (κ1) is 28.2. The van der Waals surface area contributed by atoms with Crippen LogP contribution < -0.4 is 20.3 Å². The number of amides is 3. The van der Waals surface area contributed by atoms with E-state index in [1.807, 2.05) is 48.2 Å². The fourth-order valence-corrected chi connectivity index (χ4v) is 4.85. The van der Waals surface area contributed by atoms with Crippen LogP contribution in [-0.4, -0.2) is 93.3 Å². The Labute approximate surface area is 230 Å². The summed E-state index contributed by atoms with van der Waals surface area (Å²) >= 11 is 0. The SMILES string of the molecule is CCOc1ccccc1NC(=O)OCCN1CCN(c2cccc(C(=O)NCCCN3CCCC3=O)c2)CC1. The summed E-state index contributed by atoms with van der Waals surface area (Å²) in [5.41, 5.74) is 2.25. The van der Waals surface area contributed by atoms with Crippen molar-refractivity contribution in [3.63, 3.8) is 0 Å². The molecule has 10 heteroatoms. The van der Waals surface area contributed by atoms with Crippen LogP contribution >= 0.6 is 0 Å². The summed E-state index contributed by atoms with van der Waals surface area (Å²) < 4.78 is 10.9. The van der Waals surface area contributed by atoms with E-state index in [0.717, 1.165) is 51.3 Å². The van der Waals surface area contributed by atoms with Crippen LogP contribution in [0.3, 0.4) is 0 Å². The molecule has 2 heterocycles. The van der Waals surface area contributed by atoms with Gasteiger partial charge in [-0.2, -0.15) is 0 Å². The van der Waals surface area contributed by atoms with Gasteiger partial charge in [0.25, 0.3) is 5.91 Å². The van der Waals surface area contributed by atoms with Gasteiger partial charge < -0.3 is 24.6 Å². The van der Waals surface area contributed by atoms with Gasteiger partial charge in [0.2, 0.25) is 5.91 Å². The number of likely N-dealkylation sites (tertiary alicyclic amines) is 1. The number of rotatable bonds is 12. The highest BCUT2D eigenvalue weighted by Gasteiger charge is 2.20. The molecule has 0 aromatic heterocycles. The van der Waals surface area contributed by atoms with Crippen LogP contribution in [0.15, 0.2) is 48.5 Å². The second-order valence-electron chi connectivity index (χ2n) is 9.66. The van der Waals surface area contributed by atoms with Gasteiger partial charge in [-0.25, -0.2) is 4.79 Å². The summed E-state index contributed by atoms with van der Waals surface area (Å²) in [4.78, 5) is 43.0. The maximum Gasteiger partial charge on any atom is 0.411 e. The Hall–Kier alpha value is -3.79. The number of benzene rings is 2. The van der Waals surface area contributed by atoms with Gasteiger partial charge in [-0.05, 0) is 50.1 Å². The van der Waals surface area contributed by atoms with Crippen molar-refractivity contribution >= 4 is 29.3 Å². The number of anilines is 2. The second kappa shape index (κ2) is 14.4. The molecule has 2 aromatic carbocycles. The predicted octanol–water partition coefficient (Wildman–Crippen LogP) is 3.20. The molecule has 210 valence electrons. The molecule has 2 N–H and O–H groups in total. The molecular formula is C29H39N5O5. The zero-order chi connectivity index (χ0) is 27.5. The van der Waals surface area contributed by atoms with E-state index in [1.54, 1.807) is 12.1 Å². The van der Waals surface area contributed by atoms with E-state index in [2.05, 4.69) is 20.4 Å². The minimum absolute atomic E-state index is 0.0949. The highest BCUT2D eigenvalue weighted by Crippen LogP contribution is 2.24. The van der Waals surface area contributed by atoms with Crippen LogP contribution in [0.1, 0.15) is 36.5 Å². The van der Waals surface area contributed by atoms with Crippen LogP contribution in [0.2, 0.25) is 0 Å². The van der Waals surface area contributed by atoms with Gasteiger partial charge in [0, 0.05) is 70.0 Å². The molecule has 0 spiro atoms. The number of nitrogens with one attached hydrogen (secondary N) is 2. The van der Waals surface area contributed by atoms with Gasteiger partial charge in [0.15, 0.2) is 0 Å². The minimum atomic E-state index is -0.500. The van der Waals surface area contributed by atoms with Crippen molar-refractivity contribution in [3.8, 4) is 5.75 Å². The molecule has 2 aliphatic heterocycles. The number of hydrogen-bond donors (Lipinski definition) is 2. The molecule has 39 heavy (non-hydrogen) atoms. The van der Waals surface area contributed by atoms with Crippen molar-refractivity contribution in [3.05, 3.63) is 54.1 Å². The lowest BCUT2D eigenvalue weighted by Gasteiger charge is -2.36. The van der Waals surface area contributed by atoms with Crippen molar-refractivity contribution in [2.24, 2.45) is 0 Å². The van der Waals surface area contributed by atoms with Crippen molar-refractivity contribution < 1.29 is 23.9 Å². The number of ether oxygens (including phenoxy) is 2. The van der Waals surface area contributed by atoms with Crippen LogP contribution in [-0.2, 0) is 9.53 Å². The molecule has 0 atom stereocenters. The molecule has 2 aromatic rings. The first-order valence-corrected chi connectivity index (χ1v) is 13.8. The summed E-state index contributed by atoms with van der Waals surface area (Å²) in [7, 11) is 0. The highest BCUT2D eigenvalue weighted by atomic mass is 16.5. The molecule has 0 unspecified atom stereocenters. The van der Waals surface area contributed by atoms with Crippen LogP contribution in [0.5, 0.6) is 5.75 Å². The maximum atomic E-state index is 12.7. The fraction of sp³-hybridized carbons (Fsp3) is 0.483. The van der Waals surface area contributed by atoms with Crippen molar-refractivity contribution in [1.82, 2.24) is 15.1 Å². The molecular weight excluding hydrogens is 498 g/mol. The number of carbonyl (C=O) groups is 3. The molecule has 2 saturated heterocycles. The molecule has 0 saturated carbocycles. The molecule has 0 bridgehead atoms. The first-order valence-electron chi connectivity index (χ1n) is 13.8. The zero-order valence-electron chi connectivity index (χ0n) is 22.7. The molecule has 10 nitrogen and oxygen atoms in total. The molecule has 0 radical (unpaired) electrons. The van der Waals surface area contributed by atoms with Gasteiger partial charge in [-0.1, -0.05) is 18.2 Å². The Morgan fingerprint density at radius 1 is 0.974 bits per heavy atom. The topological polar surface area (TPSA) is 103 Å². The third-order valence-corrected chi connectivity index (χ3v) is 6.97. The molecule has 2 fully saturated rings. The van der Waals surface area contributed by atoms with Gasteiger partial charge in [-0.15, -0.1) is 0 Å². The van der Waals surface area contributed by atoms with Gasteiger partial charge in [0.1, 0.15) is 12.4 Å². The van der Waals surface area contributed by atoms with E-state index in [9.17, 15) is 14.4 Å². The van der Waals surface area contributed by atoms with Crippen molar-refractivity contribution in [2.45, 2.75) is 26.2 Å². The maximum absolute atomic E-state index is 12.7. The third kappa shape index (κ3) is 8.35. The number of hydrogen-bond acceptors (Lipinski definition) is 7. The molecule has 4 rings (SSSR count). The zero-order valence-corrected chi connectivity index (χ0v) is 22.7. The predicted molar refractivity (Wildman–Crippen MR) is 150 cm³/mol. The summed E-state index contributed by atoms with van der Waals surface area (Å²) in [5, 5.41) is 5.72. The first-order chi connectivity index (χ1) is 19.0. The van der Waals surface area contributed by atoms with Crippen LogP contribution in [0.4, 0.5) is 16.2 Å². The van der Waals surface area contributed by atoms with E-state index in [-0.39, 0.29) is 11.8 Å². The van der Waals surface area contributed by atoms with E-state index >= 15 is 0 Å². The largest absolute Gasteiger partial charge is 0.492 e. The minimum Gasteiger partial charge on any atom is -0.492 e. The Balaban J connectivity index is 1.15. The Bertz CT molecular complexity index is 1120. The third-order valence-electron chi connectivity index (χ3n) is 6.97. The Kier molecular flexibility index (Phi) is 10.4. The number of piperazine rings is 1. The molecule has 0 aliphatic carbocycles. The summed E-state index contributed by atoms with van der Waals surface area (Å²) in [6.07, 6.45) is 1.83. The normalized spacial score (nSPS) is 15.8. The van der Waals surface area contributed by atoms with Crippen LogP contribution in [0, 0.1) is 0 Å². The monoisotopic (exact) mass is 537 g/mol. The Morgan fingerprint density at radius 2 is 1.79 bits per heavy atom. The quantitative estimate of drug-likeness (QED) is 0.401. The molecule has 2 aliphatic rings. The standard InChI is InChI=1S/C29H39N5O5/c1-2-38-26-11-4-3-10-25(26)31-29(37)39-21-20-32-16-18-33(19-17-32)24-9-5-8-23(22-24)28(36)30-13-7-15-34-14-6-12-27(34)35/h3-5,8-11,22H,2,6-7,12-21H2,1H3,(H,30,36)(H,31,37). The van der Waals surface area contributed by atoms with Crippen LogP contribution in [0.25, 0.3) is 0 Å². The van der Waals surface area contributed by atoms with E-state index < -0.39 is 6.09 Å². The van der Waals surface area contributed by atoms with Crippen molar-refractivity contribution in [2.75, 3.05) is 75.8 Å². The average molecular weight is 538 g/mol. The summed E-state index contributed by atoms with van der Waals surface area (Å²) in [6, 6.07) is 15.0. The van der Waals surface area contributed by atoms with Crippen molar-refractivity contribution in [1.29, 1.82) is 0 Å². The van der Waals surface area contributed by atoms with Gasteiger partial charge in [-0.3, -0.25) is 19.8 Å². The van der Waals surface area contributed by atoms with E-state index in [0.29, 0.717) is 56.3 Å². The lowest BCUT2D eigenvalue weighted by Crippen LogP contribution is -2.47. The van der Waals surface area contributed by atoms with Gasteiger partial charge >= 0.3 is 6.09 Å². The smallest absolute Gasteiger partial charge is 0.411 e. The lowest BCUT2D eigenvalue weighted by atomic mass is 10.1. The number of para-hydroxylation sites is 2. The fourth-order valence-electron chi connectivity index (χ4n) is 4.85.